The van der Waals surface area contributed by atoms with Gasteiger partial charge in [-0.1, -0.05) is 6.07 Å². The van der Waals surface area contributed by atoms with Crippen LogP contribution >= 0.6 is 0 Å². The van der Waals surface area contributed by atoms with Crippen molar-refractivity contribution < 1.29 is 28.7 Å². The number of benzene rings is 1. The number of esters is 1. The Labute approximate surface area is 145 Å². The second-order valence-electron chi connectivity index (χ2n) is 5.84. The highest BCUT2D eigenvalue weighted by molar-refractivity contribution is 6.13. The zero-order valence-corrected chi connectivity index (χ0v) is 14.3. The number of hydrogen-bond acceptors (Lipinski definition) is 5. The van der Waals surface area contributed by atoms with Gasteiger partial charge in [0.2, 0.25) is 0 Å². The number of anilines is 1. The topological polar surface area (TPSA) is 94.1 Å². The lowest BCUT2D eigenvalue weighted by Crippen LogP contribution is -3.15. The van der Waals surface area contributed by atoms with Gasteiger partial charge >= 0.3 is 5.97 Å². The van der Waals surface area contributed by atoms with Gasteiger partial charge in [-0.2, -0.15) is 0 Å². The van der Waals surface area contributed by atoms with Crippen molar-refractivity contribution in [2.45, 2.75) is 0 Å². The van der Waals surface area contributed by atoms with Crippen LogP contribution in [0.25, 0.3) is 10.9 Å². The number of fused-ring (bicyclic) bond motifs is 1. The first-order valence-corrected chi connectivity index (χ1v) is 8.12. The molecule has 1 aliphatic heterocycles. The quantitative estimate of drug-likeness (QED) is 0.652. The van der Waals surface area contributed by atoms with Gasteiger partial charge in [-0.05, 0) is 12.1 Å². The van der Waals surface area contributed by atoms with Crippen LogP contribution in [0.2, 0.25) is 0 Å². The average molecular weight is 348 g/mol. The molecule has 1 fully saturated rings. The number of hydrogen-bond donors (Lipinski definition) is 3. The monoisotopic (exact) mass is 348 g/mol. The highest BCUT2D eigenvalue weighted by Crippen LogP contribution is 2.35. The van der Waals surface area contributed by atoms with Crippen LogP contribution in [0.3, 0.4) is 0 Å². The van der Waals surface area contributed by atoms with Gasteiger partial charge in [0.1, 0.15) is 24.5 Å². The summed E-state index contributed by atoms with van der Waals surface area (Å²) in [4.78, 5) is 28.8. The number of methoxy groups -OCH3 is 2. The van der Waals surface area contributed by atoms with Crippen LogP contribution in [-0.4, -0.2) is 63.9 Å². The summed E-state index contributed by atoms with van der Waals surface area (Å²) in [5, 5.41) is 3.51. The summed E-state index contributed by atoms with van der Waals surface area (Å²) in [5.74, 6) is -0.154. The zero-order valence-electron chi connectivity index (χ0n) is 14.3. The number of carbonyl (C=O) groups excluding carboxylic acids is 2. The maximum atomic E-state index is 12.5. The van der Waals surface area contributed by atoms with Crippen molar-refractivity contribution >= 4 is 28.5 Å². The van der Waals surface area contributed by atoms with Gasteiger partial charge in [-0.15, -0.1) is 0 Å². The lowest BCUT2D eigenvalue weighted by molar-refractivity contribution is -0.899. The van der Waals surface area contributed by atoms with Gasteiger partial charge in [0, 0.05) is 0 Å². The fraction of sp³-hybridized carbons (Fsp3) is 0.412. The first-order valence-electron chi connectivity index (χ1n) is 8.12. The number of carbonyl (C=O) groups is 2. The van der Waals surface area contributed by atoms with E-state index < -0.39 is 5.97 Å². The third kappa shape index (κ3) is 3.59. The highest BCUT2D eigenvalue weighted by atomic mass is 16.5. The molecule has 2 heterocycles. The minimum atomic E-state index is -0.549. The van der Waals surface area contributed by atoms with E-state index in [1.54, 1.807) is 13.2 Å². The Bertz CT molecular complexity index is 780. The molecule has 3 rings (SSSR count). The highest BCUT2D eigenvalue weighted by Gasteiger charge is 2.24. The molecule has 0 aliphatic carbocycles. The van der Waals surface area contributed by atoms with E-state index in [1.807, 2.05) is 12.1 Å². The second kappa shape index (κ2) is 7.54. The van der Waals surface area contributed by atoms with Crippen LogP contribution in [0.15, 0.2) is 18.2 Å². The summed E-state index contributed by atoms with van der Waals surface area (Å²) in [6.07, 6.45) is 0. The Balaban J connectivity index is 1.92. The summed E-state index contributed by atoms with van der Waals surface area (Å²) in [7, 11) is 2.84. The molecule has 1 aliphatic rings. The molecule has 1 saturated heterocycles. The second-order valence-corrected chi connectivity index (χ2v) is 5.84. The first-order chi connectivity index (χ1) is 12.1. The summed E-state index contributed by atoms with van der Waals surface area (Å²) >= 11 is 0. The minimum Gasteiger partial charge on any atom is -0.496 e. The Hall–Kier alpha value is -2.58. The third-order valence-electron chi connectivity index (χ3n) is 4.27. The molecule has 0 saturated carbocycles. The molecule has 2 aromatic rings. The summed E-state index contributed by atoms with van der Waals surface area (Å²) < 4.78 is 15.5. The molecule has 1 amide bonds. The number of rotatable bonds is 5. The lowest BCUT2D eigenvalue weighted by atomic mass is 10.2. The van der Waals surface area contributed by atoms with Crippen molar-refractivity contribution in [2.24, 2.45) is 0 Å². The van der Waals surface area contributed by atoms with Crippen molar-refractivity contribution in [2.75, 3.05) is 52.4 Å². The Morgan fingerprint density at radius 2 is 2.04 bits per heavy atom. The van der Waals surface area contributed by atoms with E-state index in [2.05, 4.69) is 10.3 Å². The van der Waals surface area contributed by atoms with Crippen LogP contribution < -0.4 is 15.0 Å². The summed E-state index contributed by atoms with van der Waals surface area (Å²) in [6, 6.07) is 5.40. The number of morpholine rings is 1. The van der Waals surface area contributed by atoms with Crippen LogP contribution in [0.5, 0.6) is 5.75 Å². The fourth-order valence-corrected chi connectivity index (χ4v) is 3.01. The predicted octanol–water partition coefficient (Wildman–Crippen LogP) is -0.183. The standard InChI is InChI=1S/C17H21N3O5/c1-23-12-5-3-4-11-14(12)15(16(18-11)17(22)24-2)19-13(21)10-20-6-8-25-9-7-20/h3-5,18H,6-10H2,1-2H3,(H,19,21)/p+1. The summed E-state index contributed by atoms with van der Waals surface area (Å²) in [6.45, 7) is 3.18. The van der Waals surface area contributed by atoms with Crippen LogP contribution in [0, 0.1) is 0 Å². The van der Waals surface area contributed by atoms with Crippen molar-refractivity contribution in [1.29, 1.82) is 0 Å². The number of aromatic nitrogens is 1. The van der Waals surface area contributed by atoms with E-state index >= 15 is 0 Å². The van der Waals surface area contributed by atoms with E-state index in [0.29, 0.717) is 42.1 Å². The zero-order chi connectivity index (χ0) is 17.8. The Morgan fingerprint density at radius 1 is 1.28 bits per heavy atom. The minimum absolute atomic E-state index is 0.172. The molecule has 0 unspecified atom stereocenters. The maximum Gasteiger partial charge on any atom is 0.356 e. The molecule has 8 heteroatoms. The smallest absolute Gasteiger partial charge is 0.356 e. The number of aromatic amines is 1. The summed E-state index contributed by atoms with van der Waals surface area (Å²) in [5.41, 5.74) is 1.28. The molecule has 25 heavy (non-hydrogen) atoms. The van der Waals surface area contributed by atoms with E-state index in [-0.39, 0.29) is 11.6 Å². The molecular weight excluding hydrogens is 326 g/mol. The molecule has 1 aromatic heterocycles. The molecule has 3 N–H and O–H groups in total. The first kappa shape index (κ1) is 17.2. The van der Waals surface area contributed by atoms with Crippen LogP contribution in [-0.2, 0) is 14.3 Å². The van der Waals surface area contributed by atoms with E-state index in [4.69, 9.17) is 14.2 Å². The van der Waals surface area contributed by atoms with Crippen molar-refractivity contribution in [3.8, 4) is 5.75 Å². The number of H-pyrrole nitrogens is 1. The molecule has 0 atom stereocenters. The molecule has 8 nitrogen and oxygen atoms in total. The number of amides is 1. The molecular formula is C17H22N3O5+. The van der Waals surface area contributed by atoms with Crippen LogP contribution in [0.1, 0.15) is 10.5 Å². The van der Waals surface area contributed by atoms with Gasteiger partial charge in [0.25, 0.3) is 5.91 Å². The van der Waals surface area contributed by atoms with Crippen molar-refractivity contribution in [3.63, 3.8) is 0 Å². The van der Waals surface area contributed by atoms with Gasteiger partial charge in [-0.3, -0.25) is 4.79 Å². The SMILES string of the molecule is COC(=O)c1[nH]c2cccc(OC)c2c1NC(=O)C[NH+]1CCOCC1. The normalized spacial score (nSPS) is 15.1. The van der Waals surface area contributed by atoms with Crippen LogP contribution in [0.4, 0.5) is 5.69 Å². The lowest BCUT2D eigenvalue weighted by Gasteiger charge is -2.23. The fourth-order valence-electron chi connectivity index (χ4n) is 3.01. The molecule has 134 valence electrons. The maximum absolute atomic E-state index is 12.5. The number of ether oxygens (including phenoxy) is 3. The Morgan fingerprint density at radius 3 is 2.72 bits per heavy atom. The Kier molecular flexibility index (Phi) is 5.20. The molecule has 1 aromatic carbocycles. The van der Waals surface area contributed by atoms with Gasteiger partial charge < -0.3 is 29.4 Å². The van der Waals surface area contributed by atoms with E-state index in [0.717, 1.165) is 18.0 Å². The molecule has 0 bridgehead atoms. The van der Waals surface area contributed by atoms with Crippen molar-refractivity contribution in [1.82, 2.24) is 4.98 Å². The average Bonchev–Trinajstić information content (AvgIpc) is 3.00. The predicted molar refractivity (Wildman–Crippen MR) is 91.2 cm³/mol. The van der Waals surface area contributed by atoms with Gasteiger partial charge in [-0.25, -0.2) is 4.79 Å². The van der Waals surface area contributed by atoms with E-state index in [1.165, 1.54) is 7.11 Å². The van der Waals surface area contributed by atoms with Gasteiger partial charge in [0.05, 0.1) is 44.0 Å². The molecule has 0 radical (unpaired) electrons. The molecule has 0 spiro atoms. The number of nitrogens with one attached hydrogen (secondary N) is 3. The number of quaternary nitrogens is 1. The largest absolute Gasteiger partial charge is 0.496 e. The van der Waals surface area contributed by atoms with E-state index in [9.17, 15) is 9.59 Å². The van der Waals surface area contributed by atoms with Crippen molar-refractivity contribution in [3.05, 3.63) is 23.9 Å². The van der Waals surface area contributed by atoms with Gasteiger partial charge in [0.15, 0.2) is 6.54 Å². The third-order valence-corrected chi connectivity index (χ3v) is 4.27.